The van der Waals surface area contributed by atoms with Crippen molar-refractivity contribution in [3.8, 4) is 16.2 Å². The van der Waals surface area contributed by atoms with E-state index in [-0.39, 0.29) is 18.4 Å². The van der Waals surface area contributed by atoms with Gasteiger partial charge in [-0.2, -0.15) is 0 Å². The van der Waals surface area contributed by atoms with E-state index in [0.29, 0.717) is 25.0 Å². The van der Waals surface area contributed by atoms with Crippen molar-refractivity contribution in [2.45, 2.75) is 44.4 Å². The summed E-state index contributed by atoms with van der Waals surface area (Å²) < 4.78 is 38.8. The van der Waals surface area contributed by atoms with Crippen LogP contribution in [-0.2, 0) is 28.2 Å². The summed E-state index contributed by atoms with van der Waals surface area (Å²) in [5.74, 6) is 0.145. The Labute approximate surface area is 184 Å². The van der Waals surface area contributed by atoms with Gasteiger partial charge in [0.2, 0.25) is 0 Å². The maximum Gasteiger partial charge on any atom is 0.305 e. The molecule has 1 aliphatic carbocycles. The van der Waals surface area contributed by atoms with Crippen LogP contribution >= 0.6 is 11.3 Å². The summed E-state index contributed by atoms with van der Waals surface area (Å²) in [6.45, 7) is 0.211. The molecule has 0 radical (unpaired) electrons. The molecule has 1 aliphatic rings. The van der Waals surface area contributed by atoms with Gasteiger partial charge in [0.1, 0.15) is 23.8 Å². The minimum atomic E-state index is -1.17. The maximum absolute atomic E-state index is 14.4. The average Bonchev–Trinajstić information content (AvgIpc) is 3.33. The molecule has 1 heterocycles. The number of hydrogen-bond acceptors (Lipinski definition) is 4. The second-order valence-electron chi connectivity index (χ2n) is 7.79. The van der Waals surface area contributed by atoms with Gasteiger partial charge >= 0.3 is 5.97 Å². The van der Waals surface area contributed by atoms with Crippen LogP contribution in [0.5, 0.6) is 5.75 Å². The molecule has 1 saturated carbocycles. The van der Waals surface area contributed by atoms with Gasteiger partial charge in [-0.05, 0) is 73.2 Å². The Bertz CT molecular complexity index is 1050. The first-order valence-corrected chi connectivity index (χ1v) is 11.1. The molecule has 0 aliphatic heterocycles. The topological polar surface area (TPSA) is 35.5 Å². The molecule has 6 heteroatoms. The first-order valence-electron chi connectivity index (χ1n) is 10.3. The molecule has 0 amide bonds. The number of esters is 1. The molecule has 2 aromatic carbocycles. The van der Waals surface area contributed by atoms with E-state index in [4.69, 9.17) is 4.74 Å². The van der Waals surface area contributed by atoms with E-state index in [1.165, 1.54) is 30.6 Å². The van der Waals surface area contributed by atoms with E-state index in [9.17, 15) is 13.6 Å². The van der Waals surface area contributed by atoms with Gasteiger partial charge in [0.15, 0.2) is 0 Å². The van der Waals surface area contributed by atoms with E-state index < -0.39 is 5.67 Å². The predicted molar refractivity (Wildman–Crippen MR) is 117 cm³/mol. The number of halogens is 2. The third kappa shape index (κ3) is 5.31. The lowest BCUT2D eigenvalue weighted by molar-refractivity contribution is -0.140. The third-order valence-electron chi connectivity index (χ3n) is 5.46. The number of carbonyl (C=O) groups excluding carboxylic acids is 1. The van der Waals surface area contributed by atoms with Crippen LogP contribution in [0.2, 0.25) is 0 Å². The number of thiophene rings is 1. The van der Waals surface area contributed by atoms with E-state index in [2.05, 4.69) is 4.74 Å². The minimum Gasteiger partial charge on any atom is -0.489 e. The highest BCUT2D eigenvalue weighted by molar-refractivity contribution is 7.15. The van der Waals surface area contributed by atoms with Crippen molar-refractivity contribution in [2.75, 3.05) is 7.11 Å². The molecule has 0 atom stereocenters. The van der Waals surface area contributed by atoms with Crippen LogP contribution in [0.3, 0.4) is 0 Å². The highest BCUT2D eigenvalue weighted by atomic mass is 32.1. The summed E-state index contributed by atoms with van der Waals surface area (Å²) in [4.78, 5) is 12.8. The standard InChI is InChI=1S/C25H24F2O3S/c1-29-24(28)4-2-3-17-5-8-20(9-6-17)30-16-18-15-19(26)7-10-21(18)22-11-12-23(31-22)25(27)13-14-25/h5-12,15H,2-4,13-14,16H2,1H3. The van der Waals surface area contributed by atoms with Crippen molar-refractivity contribution in [2.24, 2.45) is 0 Å². The molecule has 162 valence electrons. The SMILES string of the molecule is COC(=O)CCCc1ccc(OCc2cc(F)ccc2-c2ccc(C3(F)CC3)s2)cc1. The Kier molecular flexibility index (Phi) is 6.37. The fraction of sp³-hybridized carbons (Fsp3) is 0.320. The highest BCUT2D eigenvalue weighted by Crippen LogP contribution is 2.52. The van der Waals surface area contributed by atoms with Crippen LogP contribution in [0, 0.1) is 5.82 Å². The molecule has 0 spiro atoms. The fourth-order valence-corrected chi connectivity index (χ4v) is 4.66. The highest BCUT2D eigenvalue weighted by Gasteiger charge is 2.46. The van der Waals surface area contributed by atoms with Crippen LogP contribution in [0.4, 0.5) is 8.78 Å². The molecule has 0 bridgehead atoms. The lowest BCUT2D eigenvalue weighted by Gasteiger charge is -2.11. The molecule has 31 heavy (non-hydrogen) atoms. The lowest BCUT2D eigenvalue weighted by atomic mass is 10.1. The van der Waals surface area contributed by atoms with Gasteiger partial charge in [0.05, 0.1) is 7.11 Å². The number of carbonyl (C=O) groups is 1. The quantitative estimate of drug-likeness (QED) is 0.351. The average molecular weight is 443 g/mol. The van der Waals surface area contributed by atoms with Crippen molar-refractivity contribution in [1.29, 1.82) is 0 Å². The molecular formula is C25H24F2O3S. The predicted octanol–water partition coefficient (Wildman–Crippen LogP) is 6.59. The molecular weight excluding hydrogens is 418 g/mol. The summed E-state index contributed by atoms with van der Waals surface area (Å²) in [6.07, 6.45) is 3.05. The summed E-state index contributed by atoms with van der Waals surface area (Å²) in [6, 6.07) is 16.0. The van der Waals surface area contributed by atoms with Crippen LogP contribution in [-0.4, -0.2) is 13.1 Å². The Morgan fingerprint density at radius 1 is 1.10 bits per heavy atom. The molecule has 4 rings (SSSR count). The largest absolute Gasteiger partial charge is 0.489 e. The minimum absolute atomic E-state index is 0.206. The second kappa shape index (κ2) is 9.18. The Morgan fingerprint density at radius 2 is 1.87 bits per heavy atom. The van der Waals surface area contributed by atoms with E-state index in [0.717, 1.165) is 39.3 Å². The van der Waals surface area contributed by atoms with Crippen LogP contribution in [0.15, 0.2) is 54.6 Å². The summed E-state index contributed by atoms with van der Waals surface area (Å²) >= 11 is 1.42. The number of methoxy groups -OCH3 is 1. The van der Waals surface area contributed by atoms with Crippen molar-refractivity contribution >= 4 is 17.3 Å². The first-order chi connectivity index (χ1) is 15.0. The molecule has 0 saturated heterocycles. The first kappa shape index (κ1) is 21.5. The van der Waals surface area contributed by atoms with Crippen molar-refractivity contribution in [3.05, 3.63) is 76.4 Å². The van der Waals surface area contributed by atoms with Gasteiger partial charge in [-0.3, -0.25) is 4.79 Å². The van der Waals surface area contributed by atoms with Crippen LogP contribution in [0.1, 0.15) is 41.7 Å². The summed E-state index contributed by atoms with van der Waals surface area (Å²) in [5, 5.41) is 0. The Morgan fingerprint density at radius 3 is 2.58 bits per heavy atom. The molecule has 3 nitrogen and oxygen atoms in total. The molecule has 0 unspecified atom stereocenters. The smallest absolute Gasteiger partial charge is 0.305 e. The number of benzene rings is 2. The Hall–Kier alpha value is -2.73. The zero-order chi connectivity index (χ0) is 21.8. The number of hydrogen-bond donors (Lipinski definition) is 0. The fourth-order valence-electron chi connectivity index (χ4n) is 3.45. The van der Waals surface area contributed by atoms with Crippen molar-refractivity contribution in [1.82, 2.24) is 0 Å². The van der Waals surface area contributed by atoms with Gasteiger partial charge in [-0.1, -0.05) is 18.2 Å². The number of alkyl halides is 1. The number of ether oxygens (including phenoxy) is 2. The molecule has 0 N–H and O–H groups in total. The monoisotopic (exact) mass is 442 g/mol. The normalized spacial score (nSPS) is 14.3. The summed E-state index contributed by atoms with van der Waals surface area (Å²) in [5.41, 5.74) is 1.52. The van der Waals surface area contributed by atoms with Gasteiger partial charge < -0.3 is 9.47 Å². The van der Waals surface area contributed by atoms with Crippen LogP contribution < -0.4 is 4.74 Å². The number of rotatable bonds is 9. The van der Waals surface area contributed by atoms with E-state index in [1.54, 1.807) is 6.07 Å². The van der Waals surface area contributed by atoms with E-state index >= 15 is 0 Å². The lowest BCUT2D eigenvalue weighted by Crippen LogP contribution is -2.01. The van der Waals surface area contributed by atoms with Gasteiger partial charge in [-0.15, -0.1) is 11.3 Å². The zero-order valence-electron chi connectivity index (χ0n) is 17.3. The van der Waals surface area contributed by atoms with Crippen molar-refractivity contribution < 1.29 is 23.0 Å². The maximum atomic E-state index is 14.4. The van der Waals surface area contributed by atoms with Crippen molar-refractivity contribution in [3.63, 3.8) is 0 Å². The van der Waals surface area contributed by atoms with Crippen LogP contribution in [0.25, 0.3) is 10.4 Å². The second-order valence-corrected chi connectivity index (χ2v) is 8.88. The Balaban J connectivity index is 1.41. The summed E-state index contributed by atoms with van der Waals surface area (Å²) in [7, 11) is 1.39. The molecule has 3 aromatic rings. The van der Waals surface area contributed by atoms with Gasteiger partial charge in [-0.25, -0.2) is 8.78 Å². The van der Waals surface area contributed by atoms with Gasteiger partial charge in [0.25, 0.3) is 0 Å². The van der Waals surface area contributed by atoms with Gasteiger partial charge in [0, 0.05) is 21.7 Å². The van der Waals surface area contributed by atoms with E-state index in [1.807, 2.05) is 36.4 Å². The third-order valence-corrected chi connectivity index (χ3v) is 6.76. The molecule has 1 aromatic heterocycles. The zero-order valence-corrected chi connectivity index (χ0v) is 18.1. The molecule has 1 fully saturated rings. The number of aryl methyl sites for hydroxylation is 1.